The van der Waals surface area contributed by atoms with E-state index < -0.39 is 11.2 Å². The Morgan fingerprint density at radius 2 is 1.81 bits per heavy atom. The summed E-state index contributed by atoms with van der Waals surface area (Å²) in [4.78, 5) is 48.1. The third-order valence-electron chi connectivity index (χ3n) is 5.58. The van der Waals surface area contributed by atoms with Gasteiger partial charge in [-0.2, -0.15) is 0 Å². The molecule has 0 radical (unpaired) electrons. The minimum absolute atomic E-state index is 0.183. The number of aromatic nitrogens is 4. The van der Waals surface area contributed by atoms with E-state index in [4.69, 9.17) is 0 Å². The van der Waals surface area contributed by atoms with Gasteiger partial charge in [0.15, 0.2) is 5.65 Å². The quantitative estimate of drug-likeness (QED) is 0.837. The van der Waals surface area contributed by atoms with Crippen molar-refractivity contribution in [2.24, 2.45) is 7.05 Å². The first-order valence-electron chi connectivity index (χ1n) is 9.53. The van der Waals surface area contributed by atoms with Gasteiger partial charge in [0, 0.05) is 32.0 Å². The molecule has 0 unspecified atom stereocenters. The summed E-state index contributed by atoms with van der Waals surface area (Å²) in [5, 5.41) is 0. The van der Waals surface area contributed by atoms with E-state index in [9.17, 15) is 14.4 Å². The van der Waals surface area contributed by atoms with Crippen molar-refractivity contribution >= 4 is 17.1 Å². The summed E-state index contributed by atoms with van der Waals surface area (Å²) in [6.07, 6.45) is 8.97. The van der Waals surface area contributed by atoms with Gasteiger partial charge in [-0.1, -0.05) is 19.3 Å². The molecule has 0 atom stereocenters. The van der Waals surface area contributed by atoms with E-state index in [-0.39, 0.29) is 11.4 Å². The third-order valence-corrected chi connectivity index (χ3v) is 5.58. The topological polar surface area (TPSA) is 104 Å². The predicted molar refractivity (Wildman–Crippen MR) is 97.0 cm³/mol. The van der Waals surface area contributed by atoms with Crippen LogP contribution in [0.5, 0.6) is 0 Å². The van der Waals surface area contributed by atoms with Gasteiger partial charge in [-0.05, 0) is 25.7 Å². The monoisotopic (exact) mass is 359 g/mol. The summed E-state index contributed by atoms with van der Waals surface area (Å²) < 4.78 is 1.30. The van der Waals surface area contributed by atoms with Gasteiger partial charge in [0.25, 0.3) is 5.56 Å². The Morgan fingerprint density at radius 3 is 2.50 bits per heavy atom. The number of hydrogen-bond acceptors (Lipinski definition) is 4. The second-order valence-corrected chi connectivity index (χ2v) is 7.52. The normalized spacial score (nSPS) is 18.3. The van der Waals surface area contributed by atoms with Crippen LogP contribution in [0.2, 0.25) is 0 Å². The lowest BCUT2D eigenvalue weighted by atomic mass is 9.93. The zero-order valence-corrected chi connectivity index (χ0v) is 15.1. The van der Waals surface area contributed by atoms with Crippen molar-refractivity contribution in [2.45, 2.75) is 69.9 Å². The van der Waals surface area contributed by atoms with Crippen molar-refractivity contribution in [2.75, 3.05) is 0 Å². The molecule has 140 valence electrons. The standard InChI is InChI=1S/C18H25N5O3/c1-22-16-15(17(25)21-18(22)26)19-13(20-16)9-10-14(24)23(12-7-8-12)11-5-3-2-4-6-11/h11-12H,2-10H2,1H3,(H,19,20)(H,21,25,26). The minimum atomic E-state index is -0.492. The fraction of sp³-hybridized carbons (Fsp3) is 0.667. The Morgan fingerprint density at radius 1 is 1.12 bits per heavy atom. The maximum absolute atomic E-state index is 12.9. The number of amides is 1. The second kappa shape index (κ2) is 6.74. The molecule has 26 heavy (non-hydrogen) atoms. The number of imidazole rings is 1. The lowest BCUT2D eigenvalue weighted by Gasteiger charge is -2.34. The van der Waals surface area contributed by atoms with Crippen molar-refractivity contribution in [1.82, 2.24) is 24.4 Å². The van der Waals surface area contributed by atoms with E-state index in [0.29, 0.717) is 36.4 Å². The van der Waals surface area contributed by atoms with Crippen LogP contribution in [0.25, 0.3) is 11.2 Å². The van der Waals surface area contributed by atoms with E-state index in [1.54, 1.807) is 7.05 Å². The Bertz CT molecular complexity index is 930. The van der Waals surface area contributed by atoms with Crippen molar-refractivity contribution < 1.29 is 4.79 Å². The molecule has 2 aromatic rings. The molecule has 0 bridgehead atoms. The molecule has 0 saturated heterocycles. The largest absolute Gasteiger partial charge is 0.337 e. The summed E-state index contributed by atoms with van der Waals surface area (Å²) in [5.74, 6) is 0.752. The van der Waals surface area contributed by atoms with Gasteiger partial charge in [0.1, 0.15) is 11.3 Å². The summed E-state index contributed by atoms with van der Waals surface area (Å²) in [5.41, 5.74) is -0.364. The predicted octanol–water partition coefficient (Wildman–Crippen LogP) is 1.21. The van der Waals surface area contributed by atoms with Crippen LogP contribution in [0.3, 0.4) is 0 Å². The van der Waals surface area contributed by atoms with E-state index in [0.717, 1.165) is 25.7 Å². The average molecular weight is 359 g/mol. The number of carbonyl (C=O) groups excluding carboxylic acids is 1. The molecule has 8 heteroatoms. The molecule has 2 aliphatic rings. The van der Waals surface area contributed by atoms with Gasteiger partial charge in [-0.3, -0.25) is 19.1 Å². The Balaban J connectivity index is 1.49. The van der Waals surface area contributed by atoms with Crippen LogP contribution in [-0.2, 0) is 18.3 Å². The summed E-state index contributed by atoms with van der Waals surface area (Å²) in [6, 6.07) is 0.813. The Labute approximate surface area is 150 Å². The van der Waals surface area contributed by atoms with E-state index in [2.05, 4.69) is 19.9 Å². The maximum atomic E-state index is 12.9. The first-order chi connectivity index (χ1) is 12.5. The number of H-pyrrole nitrogens is 2. The molecule has 2 saturated carbocycles. The number of hydrogen-bond donors (Lipinski definition) is 2. The Hall–Kier alpha value is -2.38. The van der Waals surface area contributed by atoms with Gasteiger partial charge in [-0.25, -0.2) is 9.78 Å². The molecule has 8 nitrogen and oxygen atoms in total. The first kappa shape index (κ1) is 17.1. The summed E-state index contributed by atoms with van der Waals surface area (Å²) in [6.45, 7) is 0. The summed E-state index contributed by atoms with van der Waals surface area (Å²) in [7, 11) is 1.56. The van der Waals surface area contributed by atoms with Crippen molar-refractivity contribution in [1.29, 1.82) is 0 Å². The number of nitrogens with zero attached hydrogens (tertiary/aromatic N) is 3. The molecule has 2 fully saturated rings. The lowest BCUT2D eigenvalue weighted by molar-refractivity contribution is -0.134. The van der Waals surface area contributed by atoms with E-state index >= 15 is 0 Å². The second-order valence-electron chi connectivity index (χ2n) is 7.52. The molecular weight excluding hydrogens is 334 g/mol. The molecule has 0 spiro atoms. The molecule has 2 heterocycles. The highest BCUT2D eigenvalue weighted by molar-refractivity contribution is 5.77. The number of aromatic amines is 2. The number of fused-ring (bicyclic) bond motifs is 1. The highest BCUT2D eigenvalue weighted by Crippen LogP contribution is 2.34. The van der Waals surface area contributed by atoms with Crippen molar-refractivity contribution in [3.05, 3.63) is 26.7 Å². The Kier molecular flexibility index (Phi) is 4.42. The third kappa shape index (κ3) is 3.20. The fourth-order valence-electron chi connectivity index (χ4n) is 4.04. The number of carbonyl (C=O) groups is 1. The molecule has 2 N–H and O–H groups in total. The molecule has 2 aromatic heterocycles. The number of aryl methyl sites for hydroxylation is 2. The van der Waals surface area contributed by atoms with Crippen LogP contribution in [0.15, 0.2) is 9.59 Å². The van der Waals surface area contributed by atoms with Gasteiger partial charge >= 0.3 is 5.69 Å². The van der Waals surface area contributed by atoms with Crippen molar-refractivity contribution in [3.8, 4) is 0 Å². The number of rotatable bonds is 5. The van der Waals surface area contributed by atoms with Gasteiger partial charge < -0.3 is 9.88 Å². The minimum Gasteiger partial charge on any atom is -0.337 e. The van der Waals surface area contributed by atoms with Crippen LogP contribution in [0.4, 0.5) is 0 Å². The van der Waals surface area contributed by atoms with Crippen LogP contribution in [0, 0.1) is 0 Å². The molecule has 2 aliphatic carbocycles. The van der Waals surface area contributed by atoms with Crippen LogP contribution in [-0.4, -0.2) is 42.4 Å². The fourth-order valence-corrected chi connectivity index (χ4v) is 4.04. The highest BCUT2D eigenvalue weighted by atomic mass is 16.2. The molecule has 0 aliphatic heterocycles. The smallest absolute Gasteiger partial charge is 0.329 e. The molecular formula is C18H25N5O3. The van der Waals surface area contributed by atoms with Crippen LogP contribution < -0.4 is 11.2 Å². The van der Waals surface area contributed by atoms with Gasteiger partial charge in [-0.15, -0.1) is 0 Å². The van der Waals surface area contributed by atoms with E-state index in [1.807, 2.05) is 0 Å². The molecule has 0 aromatic carbocycles. The SMILES string of the molecule is Cn1c(=O)[nH]c(=O)c2[nH]c(CCC(=O)N(C3CCCCC3)C3CC3)nc21. The molecule has 4 rings (SSSR count). The van der Waals surface area contributed by atoms with Crippen molar-refractivity contribution in [3.63, 3.8) is 0 Å². The lowest BCUT2D eigenvalue weighted by Crippen LogP contribution is -2.43. The van der Waals surface area contributed by atoms with Gasteiger partial charge in [0.05, 0.1) is 0 Å². The zero-order chi connectivity index (χ0) is 18.3. The number of nitrogens with one attached hydrogen (secondary N) is 2. The molecule has 1 amide bonds. The highest BCUT2D eigenvalue weighted by Gasteiger charge is 2.37. The van der Waals surface area contributed by atoms with Crippen LogP contribution in [0.1, 0.15) is 57.2 Å². The summed E-state index contributed by atoms with van der Waals surface area (Å²) >= 11 is 0. The van der Waals surface area contributed by atoms with Gasteiger partial charge in [0.2, 0.25) is 5.91 Å². The maximum Gasteiger partial charge on any atom is 0.329 e. The zero-order valence-electron chi connectivity index (χ0n) is 15.1. The van der Waals surface area contributed by atoms with Crippen LogP contribution >= 0.6 is 0 Å². The average Bonchev–Trinajstić information content (AvgIpc) is 3.36. The first-order valence-corrected chi connectivity index (χ1v) is 9.53. The van der Waals surface area contributed by atoms with E-state index in [1.165, 1.54) is 23.8 Å².